The quantitative estimate of drug-likeness (QED) is 0.905. The van der Waals surface area contributed by atoms with Crippen LogP contribution in [0, 0.1) is 12.7 Å². The van der Waals surface area contributed by atoms with Crippen molar-refractivity contribution in [1.82, 2.24) is 9.78 Å². The molecule has 0 aliphatic rings. The largest absolute Gasteiger partial charge is 0.434 e. The summed E-state index contributed by atoms with van der Waals surface area (Å²) in [5.74, 6) is 0.139. The van der Waals surface area contributed by atoms with Crippen LogP contribution in [0.2, 0.25) is 0 Å². The first-order valence-electron chi connectivity index (χ1n) is 5.88. The minimum Gasteiger partial charge on any atom is -0.434 e. The summed E-state index contributed by atoms with van der Waals surface area (Å²) in [7, 11) is 0. The molecule has 96 valence electrons. The third-order valence-corrected chi connectivity index (χ3v) is 2.60. The van der Waals surface area contributed by atoms with E-state index in [2.05, 4.69) is 5.10 Å². The van der Waals surface area contributed by atoms with E-state index in [0.29, 0.717) is 23.8 Å². The predicted molar refractivity (Wildman–Crippen MR) is 68.1 cm³/mol. The average molecular weight is 249 g/mol. The Morgan fingerprint density at radius 2 is 2.11 bits per heavy atom. The summed E-state index contributed by atoms with van der Waals surface area (Å²) in [5.41, 5.74) is 7.04. The first-order valence-corrected chi connectivity index (χ1v) is 5.88. The monoisotopic (exact) mass is 249 g/mol. The molecular formula is C13H16FN3O. The molecule has 0 aliphatic heterocycles. The van der Waals surface area contributed by atoms with E-state index in [9.17, 15) is 4.39 Å². The number of halogens is 1. The molecule has 0 atom stereocenters. The van der Waals surface area contributed by atoms with Crippen LogP contribution < -0.4 is 10.5 Å². The van der Waals surface area contributed by atoms with Crippen molar-refractivity contribution in [2.45, 2.75) is 26.8 Å². The van der Waals surface area contributed by atoms with Crippen molar-refractivity contribution in [3.05, 3.63) is 35.8 Å². The Hall–Kier alpha value is -2.04. The number of rotatable bonds is 4. The molecule has 0 fully saturated rings. The lowest BCUT2D eigenvalue weighted by Gasteiger charge is -2.09. The van der Waals surface area contributed by atoms with E-state index < -0.39 is 5.82 Å². The Balaban J connectivity index is 2.36. The van der Waals surface area contributed by atoms with E-state index in [4.69, 9.17) is 10.5 Å². The van der Waals surface area contributed by atoms with E-state index in [1.165, 1.54) is 6.07 Å². The Morgan fingerprint density at radius 1 is 1.39 bits per heavy atom. The number of ether oxygens (including phenoxy) is 1. The maximum atomic E-state index is 13.5. The van der Waals surface area contributed by atoms with Gasteiger partial charge < -0.3 is 10.5 Å². The molecular weight excluding hydrogens is 233 g/mol. The van der Waals surface area contributed by atoms with E-state index in [0.717, 1.165) is 6.42 Å². The van der Waals surface area contributed by atoms with Gasteiger partial charge in [0.25, 0.3) is 0 Å². The third kappa shape index (κ3) is 2.30. The number of nitrogen functional groups attached to an aromatic ring is 1. The highest BCUT2D eigenvalue weighted by atomic mass is 19.1. The molecule has 1 heterocycles. The Labute approximate surface area is 105 Å². The van der Waals surface area contributed by atoms with Gasteiger partial charge in [0.05, 0.1) is 5.69 Å². The molecule has 2 N–H and O–H groups in total. The van der Waals surface area contributed by atoms with Crippen molar-refractivity contribution in [2.24, 2.45) is 0 Å². The van der Waals surface area contributed by atoms with Crippen molar-refractivity contribution in [3.63, 3.8) is 0 Å². The molecule has 0 unspecified atom stereocenters. The Kier molecular flexibility index (Phi) is 3.50. The highest BCUT2D eigenvalue weighted by molar-refractivity contribution is 5.54. The van der Waals surface area contributed by atoms with Crippen molar-refractivity contribution in [3.8, 4) is 11.6 Å². The number of aryl methyl sites for hydroxylation is 2. The van der Waals surface area contributed by atoms with Crippen molar-refractivity contribution in [1.29, 1.82) is 0 Å². The van der Waals surface area contributed by atoms with Crippen LogP contribution in [0.1, 0.15) is 19.0 Å². The first-order chi connectivity index (χ1) is 8.63. The van der Waals surface area contributed by atoms with Gasteiger partial charge in [-0.15, -0.1) is 0 Å². The second kappa shape index (κ2) is 5.08. The Bertz CT molecular complexity index is 551. The summed E-state index contributed by atoms with van der Waals surface area (Å²) >= 11 is 0. The lowest BCUT2D eigenvalue weighted by atomic mass is 10.3. The molecule has 0 radical (unpaired) electrons. The molecule has 2 rings (SSSR count). The van der Waals surface area contributed by atoms with Crippen LogP contribution in [-0.4, -0.2) is 9.78 Å². The number of benzene rings is 1. The van der Waals surface area contributed by atoms with Crippen LogP contribution >= 0.6 is 0 Å². The number of hydrogen-bond donors (Lipinski definition) is 1. The van der Waals surface area contributed by atoms with E-state index in [1.54, 1.807) is 29.8 Å². The molecule has 5 heteroatoms. The Morgan fingerprint density at radius 3 is 2.78 bits per heavy atom. The number of nitrogens with zero attached hydrogens (tertiary/aromatic N) is 2. The van der Waals surface area contributed by atoms with Crippen LogP contribution in [0.25, 0.3) is 0 Å². The molecule has 0 saturated carbocycles. The van der Waals surface area contributed by atoms with Crippen LogP contribution in [-0.2, 0) is 6.54 Å². The number of anilines is 1. The number of nitrogens with two attached hydrogens (primary N) is 1. The summed E-state index contributed by atoms with van der Waals surface area (Å²) in [5, 5.41) is 4.27. The van der Waals surface area contributed by atoms with Crippen LogP contribution in [0.15, 0.2) is 24.3 Å². The molecule has 2 aromatic rings. The SMILES string of the molecule is CCCn1nc(C)c(N)c1Oc1ccccc1F. The van der Waals surface area contributed by atoms with Gasteiger partial charge in [-0.25, -0.2) is 9.07 Å². The number of aromatic nitrogens is 2. The van der Waals surface area contributed by atoms with Gasteiger partial charge in [-0.05, 0) is 25.5 Å². The third-order valence-electron chi connectivity index (χ3n) is 2.60. The summed E-state index contributed by atoms with van der Waals surface area (Å²) < 4.78 is 20.7. The predicted octanol–water partition coefficient (Wildman–Crippen LogP) is 3.12. The fourth-order valence-corrected chi connectivity index (χ4v) is 1.68. The second-order valence-corrected chi connectivity index (χ2v) is 4.06. The number of para-hydroxylation sites is 1. The highest BCUT2D eigenvalue weighted by Gasteiger charge is 2.15. The maximum absolute atomic E-state index is 13.5. The molecule has 1 aromatic heterocycles. The molecule has 18 heavy (non-hydrogen) atoms. The van der Waals surface area contributed by atoms with Crippen molar-refractivity contribution in [2.75, 3.05) is 5.73 Å². The minimum atomic E-state index is -0.418. The van der Waals surface area contributed by atoms with Gasteiger partial charge in [0.2, 0.25) is 5.88 Å². The summed E-state index contributed by atoms with van der Waals surface area (Å²) in [4.78, 5) is 0. The summed E-state index contributed by atoms with van der Waals surface area (Å²) in [6.07, 6.45) is 0.897. The lowest BCUT2D eigenvalue weighted by Crippen LogP contribution is -2.03. The first kappa shape index (κ1) is 12.4. The summed E-state index contributed by atoms with van der Waals surface area (Å²) in [6.45, 7) is 4.51. The normalized spacial score (nSPS) is 10.6. The van der Waals surface area contributed by atoms with Gasteiger partial charge in [-0.2, -0.15) is 5.10 Å². The average Bonchev–Trinajstić information content (AvgIpc) is 2.60. The molecule has 1 aromatic carbocycles. The van der Waals surface area contributed by atoms with Gasteiger partial charge >= 0.3 is 0 Å². The van der Waals surface area contributed by atoms with E-state index >= 15 is 0 Å². The molecule has 0 amide bonds. The lowest BCUT2D eigenvalue weighted by molar-refractivity contribution is 0.389. The zero-order valence-corrected chi connectivity index (χ0v) is 10.5. The van der Waals surface area contributed by atoms with Crippen LogP contribution in [0.4, 0.5) is 10.1 Å². The van der Waals surface area contributed by atoms with E-state index in [1.807, 2.05) is 6.92 Å². The molecule has 0 spiro atoms. The van der Waals surface area contributed by atoms with Gasteiger partial charge in [0.15, 0.2) is 11.6 Å². The molecule has 0 aliphatic carbocycles. The summed E-state index contributed by atoms with van der Waals surface area (Å²) in [6, 6.07) is 6.23. The second-order valence-electron chi connectivity index (χ2n) is 4.06. The fraction of sp³-hybridized carbons (Fsp3) is 0.308. The molecule has 0 saturated heterocycles. The fourth-order valence-electron chi connectivity index (χ4n) is 1.68. The van der Waals surface area contributed by atoms with Gasteiger partial charge in [0.1, 0.15) is 5.69 Å². The standard InChI is InChI=1S/C13H16FN3O/c1-3-8-17-13(12(15)9(2)16-17)18-11-7-5-4-6-10(11)14/h4-7H,3,8,15H2,1-2H3. The van der Waals surface area contributed by atoms with E-state index in [-0.39, 0.29) is 5.75 Å². The van der Waals surface area contributed by atoms with Gasteiger partial charge in [0, 0.05) is 6.54 Å². The van der Waals surface area contributed by atoms with Crippen molar-refractivity contribution < 1.29 is 9.13 Å². The molecule has 0 bridgehead atoms. The zero-order valence-electron chi connectivity index (χ0n) is 10.5. The highest BCUT2D eigenvalue weighted by Crippen LogP contribution is 2.31. The maximum Gasteiger partial charge on any atom is 0.241 e. The van der Waals surface area contributed by atoms with Crippen LogP contribution in [0.5, 0.6) is 11.6 Å². The molecule has 4 nitrogen and oxygen atoms in total. The number of hydrogen-bond acceptors (Lipinski definition) is 3. The van der Waals surface area contributed by atoms with Gasteiger partial charge in [-0.3, -0.25) is 0 Å². The smallest absolute Gasteiger partial charge is 0.241 e. The zero-order chi connectivity index (χ0) is 13.1. The minimum absolute atomic E-state index is 0.154. The van der Waals surface area contributed by atoms with Crippen molar-refractivity contribution >= 4 is 5.69 Å². The van der Waals surface area contributed by atoms with Gasteiger partial charge in [-0.1, -0.05) is 19.1 Å². The van der Waals surface area contributed by atoms with Crippen LogP contribution in [0.3, 0.4) is 0 Å². The topological polar surface area (TPSA) is 53.1 Å².